The number of rotatable bonds is 3. The minimum atomic E-state index is 0.471. The lowest BCUT2D eigenvalue weighted by molar-refractivity contribution is -0.0177. The smallest absolute Gasteiger partial charge is 0.0471 e. The Morgan fingerprint density at radius 1 is 1.28 bits per heavy atom. The minimum absolute atomic E-state index is 0.471. The summed E-state index contributed by atoms with van der Waals surface area (Å²) in [6, 6.07) is 1.38. The van der Waals surface area contributed by atoms with E-state index in [-0.39, 0.29) is 0 Å². The van der Waals surface area contributed by atoms with E-state index in [0.29, 0.717) is 17.5 Å². The number of hydrogen-bond acceptors (Lipinski definition) is 3. The fourth-order valence-corrected chi connectivity index (χ4v) is 3.58. The number of piperidine rings is 1. The van der Waals surface area contributed by atoms with E-state index in [0.717, 1.165) is 19.1 Å². The Morgan fingerprint density at radius 3 is 2.56 bits per heavy atom. The van der Waals surface area contributed by atoms with Gasteiger partial charge in [-0.3, -0.25) is 4.90 Å². The molecule has 0 aromatic carbocycles. The third-order valence-electron chi connectivity index (χ3n) is 5.35. The van der Waals surface area contributed by atoms with Crippen LogP contribution in [0.1, 0.15) is 40.0 Å². The number of nitrogens with zero attached hydrogens (tertiary/aromatic N) is 1. The molecule has 2 saturated heterocycles. The Hall–Kier alpha value is -0.120. The minimum Gasteiger partial charge on any atom is -0.381 e. The predicted molar refractivity (Wildman–Crippen MR) is 75.8 cm³/mol. The van der Waals surface area contributed by atoms with Gasteiger partial charge in [-0.2, -0.15) is 0 Å². The number of likely N-dealkylation sites (tertiary alicyclic amines) is 1. The molecule has 0 saturated carbocycles. The molecule has 0 aromatic rings. The summed E-state index contributed by atoms with van der Waals surface area (Å²) in [5.41, 5.74) is 0.471. The average molecular weight is 254 g/mol. The fraction of sp³-hybridized carbons (Fsp3) is 1.00. The molecule has 2 aliphatic rings. The molecule has 2 fully saturated rings. The van der Waals surface area contributed by atoms with Crippen LogP contribution < -0.4 is 5.32 Å². The molecule has 1 N–H and O–H groups in total. The van der Waals surface area contributed by atoms with Crippen LogP contribution in [-0.4, -0.2) is 50.3 Å². The van der Waals surface area contributed by atoms with Crippen LogP contribution in [0.5, 0.6) is 0 Å². The topological polar surface area (TPSA) is 24.5 Å². The van der Waals surface area contributed by atoms with Crippen molar-refractivity contribution in [3.63, 3.8) is 0 Å². The van der Waals surface area contributed by atoms with Crippen molar-refractivity contribution in [1.29, 1.82) is 0 Å². The summed E-state index contributed by atoms with van der Waals surface area (Å²) in [5, 5.41) is 3.47. The highest BCUT2D eigenvalue weighted by Gasteiger charge is 2.36. The lowest BCUT2D eigenvalue weighted by atomic mass is 9.79. The van der Waals surface area contributed by atoms with Crippen molar-refractivity contribution in [2.75, 3.05) is 33.4 Å². The zero-order valence-electron chi connectivity index (χ0n) is 12.5. The predicted octanol–water partition coefficient (Wildman–Crippen LogP) is 2.12. The molecule has 0 spiro atoms. The molecule has 0 aliphatic carbocycles. The summed E-state index contributed by atoms with van der Waals surface area (Å²) < 4.78 is 5.51. The summed E-state index contributed by atoms with van der Waals surface area (Å²) in [6.45, 7) is 11.6. The molecule has 18 heavy (non-hydrogen) atoms. The highest BCUT2D eigenvalue weighted by atomic mass is 16.5. The van der Waals surface area contributed by atoms with Gasteiger partial charge in [0, 0.05) is 31.8 Å². The zero-order valence-corrected chi connectivity index (χ0v) is 12.5. The van der Waals surface area contributed by atoms with Gasteiger partial charge in [0.15, 0.2) is 0 Å². The van der Waals surface area contributed by atoms with E-state index < -0.39 is 0 Å². The molecule has 3 heteroatoms. The van der Waals surface area contributed by atoms with Crippen molar-refractivity contribution in [2.45, 2.75) is 52.1 Å². The van der Waals surface area contributed by atoms with Gasteiger partial charge in [-0.15, -0.1) is 0 Å². The first-order valence-corrected chi connectivity index (χ1v) is 7.55. The lowest BCUT2D eigenvalue weighted by Crippen LogP contribution is -2.55. The summed E-state index contributed by atoms with van der Waals surface area (Å²) in [5.74, 6) is 0.743. The Bertz CT molecular complexity index is 263. The summed E-state index contributed by atoms with van der Waals surface area (Å²) >= 11 is 0. The summed E-state index contributed by atoms with van der Waals surface area (Å²) in [4.78, 5) is 2.71. The van der Waals surface area contributed by atoms with Crippen LogP contribution in [0.4, 0.5) is 0 Å². The number of hydrogen-bond donors (Lipinski definition) is 1. The molecule has 0 radical (unpaired) electrons. The highest BCUT2D eigenvalue weighted by Crippen LogP contribution is 2.34. The van der Waals surface area contributed by atoms with Gasteiger partial charge in [0.05, 0.1) is 0 Å². The van der Waals surface area contributed by atoms with Crippen LogP contribution in [0.15, 0.2) is 0 Å². The van der Waals surface area contributed by atoms with Crippen LogP contribution in [0.3, 0.4) is 0 Å². The van der Waals surface area contributed by atoms with Crippen molar-refractivity contribution in [3.8, 4) is 0 Å². The molecular weight excluding hydrogens is 224 g/mol. The molecule has 2 heterocycles. The third-order valence-corrected chi connectivity index (χ3v) is 5.35. The zero-order chi connectivity index (χ0) is 13.2. The second-order valence-corrected chi connectivity index (χ2v) is 6.68. The normalized spacial score (nSPS) is 37.7. The summed E-state index contributed by atoms with van der Waals surface area (Å²) in [6.07, 6.45) is 3.73. The van der Waals surface area contributed by atoms with E-state index in [4.69, 9.17) is 4.74 Å². The van der Waals surface area contributed by atoms with Gasteiger partial charge in [0.2, 0.25) is 0 Å². The van der Waals surface area contributed by atoms with Gasteiger partial charge in [-0.05, 0) is 51.1 Å². The Labute approximate surface area is 112 Å². The van der Waals surface area contributed by atoms with Crippen LogP contribution in [-0.2, 0) is 4.74 Å². The maximum Gasteiger partial charge on any atom is 0.0471 e. The molecule has 3 nitrogen and oxygen atoms in total. The highest BCUT2D eigenvalue weighted by molar-refractivity contribution is 4.91. The van der Waals surface area contributed by atoms with Crippen molar-refractivity contribution in [2.24, 2.45) is 11.3 Å². The van der Waals surface area contributed by atoms with E-state index in [9.17, 15) is 0 Å². The molecule has 3 unspecified atom stereocenters. The monoisotopic (exact) mass is 254 g/mol. The molecular formula is C15H30N2O. The maximum atomic E-state index is 5.51. The lowest BCUT2D eigenvalue weighted by Gasteiger charge is -2.47. The average Bonchev–Trinajstić information content (AvgIpc) is 2.36. The first kappa shape index (κ1) is 14.3. The molecule has 2 rings (SSSR count). The van der Waals surface area contributed by atoms with E-state index in [1.807, 2.05) is 0 Å². The van der Waals surface area contributed by atoms with Gasteiger partial charge in [0.1, 0.15) is 0 Å². The molecule has 0 aromatic heterocycles. The van der Waals surface area contributed by atoms with Crippen LogP contribution in [0.2, 0.25) is 0 Å². The Kier molecular flexibility index (Phi) is 4.68. The fourth-order valence-electron chi connectivity index (χ4n) is 3.58. The van der Waals surface area contributed by atoms with E-state index in [1.54, 1.807) is 0 Å². The molecule has 3 atom stereocenters. The van der Waals surface area contributed by atoms with Crippen molar-refractivity contribution < 1.29 is 4.74 Å². The second-order valence-electron chi connectivity index (χ2n) is 6.68. The van der Waals surface area contributed by atoms with Gasteiger partial charge in [-0.1, -0.05) is 13.8 Å². The molecule has 2 aliphatic heterocycles. The Balaban J connectivity index is 1.93. The van der Waals surface area contributed by atoms with E-state index in [1.165, 1.54) is 32.4 Å². The van der Waals surface area contributed by atoms with Crippen LogP contribution in [0, 0.1) is 11.3 Å². The molecule has 106 valence electrons. The van der Waals surface area contributed by atoms with Gasteiger partial charge < -0.3 is 10.1 Å². The largest absolute Gasteiger partial charge is 0.381 e. The molecule has 0 bridgehead atoms. The van der Waals surface area contributed by atoms with Crippen LogP contribution >= 0.6 is 0 Å². The number of ether oxygens (including phenoxy) is 1. The van der Waals surface area contributed by atoms with Crippen molar-refractivity contribution >= 4 is 0 Å². The van der Waals surface area contributed by atoms with Gasteiger partial charge in [-0.25, -0.2) is 0 Å². The molecule has 0 amide bonds. The van der Waals surface area contributed by atoms with E-state index in [2.05, 4.69) is 38.0 Å². The van der Waals surface area contributed by atoms with E-state index >= 15 is 0 Å². The van der Waals surface area contributed by atoms with Gasteiger partial charge >= 0.3 is 0 Å². The maximum absolute atomic E-state index is 5.51. The number of nitrogens with one attached hydrogen (secondary N) is 1. The SMILES string of the molecule is CNC1CCN(CC2(C)CCOCC2)C(C)C1C. The third kappa shape index (κ3) is 3.06. The quantitative estimate of drug-likeness (QED) is 0.835. The van der Waals surface area contributed by atoms with Crippen molar-refractivity contribution in [1.82, 2.24) is 10.2 Å². The van der Waals surface area contributed by atoms with Crippen molar-refractivity contribution in [3.05, 3.63) is 0 Å². The first-order chi connectivity index (χ1) is 8.56. The first-order valence-electron chi connectivity index (χ1n) is 7.55. The second kappa shape index (κ2) is 5.89. The van der Waals surface area contributed by atoms with Gasteiger partial charge in [0.25, 0.3) is 0 Å². The Morgan fingerprint density at radius 2 is 1.94 bits per heavy atom. The van der Waals surface area contributed by atoms with Crippen LogP contribution in [0.25, 0.3) is 0 Å². The standard InChI is InChI=1S/C15H30N2O/c1-12-13(2)17(8-5-14(12)16-4)11-15(3)6-9-18-10-7-15/h12-14,16H,5-11H2,1-4H3. The summed E-state index contributed by atoms with van der Waals surface area (Å²) in [7, 11) is 2.10.